The van der Waals surface area contributed by atoms with Crippen LogP contribution in [0.3, 0.4) is 0 Å². The third-order valence-electron chi connectivity index (χ3n) is 3.74. The molecule has 2 heterocycles. The molecule has 2 aromatic heterocycles. The monoisotopic (exact) mass is 353 g/mol. The van der Waals surface area contributed by atoms with Gasteiger partial charge >= 0.3 is 0 Å². The fourth-order valence-corrected chi connectivity index (χ4v) is 2.56. The average Bonchev–Trinajstić information content (AvgIpc) is 3.19. The van der Waals surface area contributed by atoms with Crippen LogP contribution < -0.4 is 10.1 Å². The summed E-state index contributed by atoms with van der Waals surface area (Å²) < 4.78 is 12.5. The Morgan fingerprint density at radius 2 is 1.85 bits per heavy atom. The zero-order chi connectivity index (χ0) is 18.9. The summed E-state index contributed by atoms with van der Waals surface area (Å²) in [6.45, 7) is 7.69. The number of nitrogens with zero attached hydrogens (tertiary/aromatic N) is 2. The maximum Gasteiger partial charge on any atom is 0.270 e. The SMILES string of the molecule is COc1ccc(-n2nc(-c3ccc(C)o3)cc2C(=O)NC(C)(C)C)cc1. The molecule has 1 amide bonds. The number of carbonyl (C=O) groups is 1. The van der Waals surface area contributed by atoms with Crippen molar-refractivity contribution in [3.63, 3.8) is 0 Å². The Bertz CT molecular complexity index is 915. The summed E-state index contributed by atoms with van der Waals surface area (Å²) in [6, 6.07) is 12.8. The van der Waals surface area contributed by atoms with Gasteiger partial charge in [-0.15, -0.1) is 0 Å². The summed E-state index contributed by atoms with van der Waals surface area (Å²) in [5.74, 6) is 1.96. The van der Waals surface area contributed by atoms with Crippen LogP contribution in [0.2, 0.25) is 0 Å². The Hall–Kier alpha value is -3.02. The Labute approximate surface area is 152 Å². The van der Waals surface area contributed by atoms with Gasteiger partial charge in [0.05, 0.1) is 12.8 Å². The predicted octanol–water partition coefficient (Wildman–Crippen LogP) is 3.98. The third kappa shape index (κ3) is 3.79. The maximum atomic E-state index is 12.8. The molecule has 0 fully saturated rings. The van der Waals surface area contributed by atoms with Crippen molar-refractivity contribution in [3.05, 3.63) is 53.9 Å². The molecule has 0 aliphatic carbocycles. The Morgan fingerprint density at radius 3 is 2.38 bits per heavy atom. The zero-order valence-electron chi connectivity index (χ0n) is 15.7. The van der Waals surface area contributed by atoms with Crippen molar-refractivity contribution in [1.29, 1.82) is 0 Å². The van der Waals surface area contributed by atoms with Gasteiger partial charge in [0.15, 0.2) is 5.76 Å². The highest BCUT2D eigenvalue weighted by atomic mass is 16.5. The number of amides is 1. The van der Waals surface area contributed by atoms with Crippen LogP contribution in [0.1, 0.15) is 37.0 Å². The fourth-order valence-electron chi connectivity index (χ4n) is 2.56. The molecular weight excluding hydrogens is 330 g/mol. The molecule has 6 heteroatoms. The molecule has 26 heavy (non-hydrogen) atoms. The summed E-state index contributed by atoms with van der Waals surface area (Å²) in [4.78, 5) is 12.8. The van der Waals surface area contributed by atoms with E-state index in [0.29, 0.717) is 17.1 Å². The fraction of sp³-hybridized carbons (Fsp3) is 0.300. The summed E-state index contributed by atoms with van der Waals surface area (Å²) in [6.07, 6.45) is 0. The molecule has 0 bridgehead atoms. The van der Waals surface area contributed by atoms with Crippen molar-refractivity contribution < 1.29 is 13.9 Å². The Morgan fingerprint density at radius 1 is 1.15 bits per heavy atom. The van der Waals surface area contributed by atoms with Gasteiger partial charge in [-0.25, -0.2) is 4.68 Å². The summed E-state index contributed by atoms with van der Waals surface area (Å²) in [5.41, 5.74) is 1.45. The van der Waals surface area contributed by atoms with Crippen molar-refractivity contribution >= 4 is 5.91 Å². The van der Waals surface area contributed by atoms with Gasteiger partial charge in [-0.1, -0.05) is 0 Å². The molecule has 3 aromatic rings. The van der Waals surface area contributed by atoms with Crippen LogP contribution in [0.4, 0.5) is 0 Å². The normalized spacial score (nSPS) is 11.4. The minimum Gasteiger partial charge on any atom is -0.497 e. The second-order valence-electron chi connectivity index (χ2n) is 7.14. The number of aromatic nitrogens is 2. The lowest BCUT2D eigenvalue weighted by molar-refractivity contribution is 0.0911. The largest absolute Gasteiger partial charge is 0.497 e. The van der Waals surface area contributed by atoms with Crippen molar-refractivity contribution in [2.24, 2.45) is 0 Å². The van der Waals surface area contributed by atoms with E-state index in [2.05, 4.69) is 10.4 Å². The van der Waals surface area contributed by atoms with Gasteiger partial charge in [0.1, 0.15) is 22.9 Å². The summed E-state index contributed by atoms with van der Waals surface area (Å²) >= 11 is 0. The van der Waals surface area contributed by atoms with E-state index < -0.39 is 0 Å². The number of benzene rings is 1. The number of hydrogen-bond acceptors (Lipinski definition) is 4. The van der Waals surface area contributed by atoms with Gasteiger partial charge in [0.25, 0.3) is 5.91 Å². The average molecular weight is 353 g/mol. The highest BCUT2D eigenvalue weighted by Gasteiger charge is 2.22. The maximum absolute atomic E-state index is 12.8. The van der Waals surface area contributed by atoms with E-state index in [1.165, 1.54) is 0 Å². The number of nitrogens with one attached hydrogen (secondary N) is 1. The summed E-state index contributed by atoms with van der Waals surface area (Å²) in [7, 11) is 1.61. The van der Waals surface area contributed by atoms with Crippen LogP contribution in [0, 0.1) is 6.92 Å². The number of rotatable bonds is 4. The van der Waals surface area contributed by atoms with E-state index in [-0.39, 0.29) is 11.4 Å². The Balaban J connectivity index is 2.07. The molecule has 0 radical (unpaired) electrons. The van der Waals surface area contributed by atoms with E-state index in [0.717, 1.165) is 17.2 Å². The highest BCUT2D eigenvalue weighted by molar-refractivity contribution is 5.94. The number of methoxy groups -OCH3 is 1. The zero-order valence-corrected chi connectivity index (χ0v) is 15.7. The quantitative estimate of drug-likeness (QED) is 0.770. The standard InChI is InChI=1S/C20H23N3O3/c1-13-6-11-18(26-13)16-12-17(19(24)21-20(2,3)4)23(22-16)14-7-9-15(25-5)10-8-14/h6-12H,1-5H3,(H,21,24). The van der Waals surface area contributed by atoms with E-state index in [1.54, 1.807) is 17.9 Å². The molecule has 136 valence electrons. The molecule has 0 spiro atoms. The second-order valence-corrected chi connectivity index (χ2v) is 7.14. The van der Waals surface area contributed by atoms with Gasteiger partial charge in [0, 0.05) is 11.6 Å². The molecule has 0 unspecified atom stereocenters. The number of ether oxygens (including phenoxy) is 1. The van der Waals surface area contributed by atoms with Crippen molar-refractivity contribution in [2.45, 2.75) is 33.2 Å². The van der Waals surface area contributed by atoms with E-state index in [1.807, 2.05) is 64.1 Å². The van der Waals surface area contributed by atoms with E-state index in [9.17, 15) is 4.79 Å². The molecule has 0 saturated heterocycles. The van der Waals surface area contributed by atoms with Crippen LogP contribution in [-0.2, 0) is 0 Å². The second kappa shape index (κ2) is 6.71. The van der Waals surface area contributed by atoms with Crippen LogP contribution >= 0.6 is 0 Å². The van der Waals surface area contributed by atoms with Crippen LogP contribution in [-0.4, -0.2) is 28.3 Å². The molecule has 0 aliphatic rings. The minimum atomic E-state index is -0.354. The predicted molar refractivity (Wildman–Crippen MR) is 99.8 cm³/mol. The van der Waals surface area contributed by atoms with E-state index >= 15 is 0 Å². The van der Waals surface area contributed by atoms with Crippen molar-refractivity contribution in [2.75, 3.05) is 7.11 Å². The van der Waals surface area contributed by atoms with Crippen LogP contribution in [0.25, 0.3) is 17.1 Å². The molecule has 1 N–H and O–H groups in total. The highest BCUT2D eigenvalue weighted by Crippen LogP contribution is 2.25. The first-order valence-electron chi connectivity index (χ1n) is 8.40. The first-order valence-corrected chi connectivity index (χ1v) is 8.40. The van der Waals surface area contributed by atoms with Gasteiger partial charge in [0.2, 0.25) is 0 Å². The van der Waals surface area contributed by atoms with Gasteiger partial charge in [-0.3, -0.25) is 4.79 Å². The first-order chi connectivity index (χ1) is 12.3. The number of aryl methyl sites for hydroxylation is 1. The number of carbonyl (C=O) groups excluding carboxylic acids is 1. The van der Waals surface area contributed by atoms with Gasteiger partial charge < -0.3 is 14.5 Å². The topological polar surface area (TPSA) is 69.3 Å². The number of furan rings is 1. The van der Waals surface area contributed by atoms with Gasteiger partial charge in [-0.2, -0.15) is 5.10 Å². The van der Waals surface area contributed by atoms with Crippen LogP contribution in [0.15, 0.2) is 46.9 Å². The minimum absolute atomic E-state index is 0.199. The molecule has 0 aliphatic heterocycles. The first kappa shape index (κ1) is 17.8. The number of hydrogen-bond donors (Lipinski definition) is 1. The molecule has 0 atom stereocenters. The Kier molecular flexibility index (Phi) is 4.59. The lowest BCUT2D eigenvalue weighted by atomic mass is 10.1. The molecule has 0 saturated carbocycles. The lowest BCUT2D eigenvalue weighted by Crippen LogP contribution is -2.41. The molecule has 6 nitrogen and oxygen atoms in total. The lowest BCUT2D eigenvalue weighted by Gasteiger charge is -2.20. The molecule has 1 aromatic carbocycles. The van der Waals surface area contributed by atoms with Crippen LogP contribution in [0.5, 0.6) is 5.75 Å². The molecule has 3 rings (SSSR count). The van der Waals surface area contributed by atoms with Crippen molar-refractivity contribution in [1.82, 2.24) is 15.1 Å². The molecular formula is C20H23N3O3. The van der Waals surface area contributed by atoms with E-state index in [4.69, 9.17) is 9.15 Å². The summed E-state index contributed by atoms with van der Waals surface area (Å²) in [5, 5.41) is 7.57. The third-order valence-corrected chi connectivity index (χ3v) is 3.74. The van der Waals surface area contributed by atoms with Gasteiger partial charge in [-0.05, 0) is 64.1 Å². The smallest absolute Gasteiger partial charge is 0.270 e. The van der Waals surface area contributed by atoms with Crippen molar-refractivity contribution in [3.8, 4) is 22.9 Å².